The Bertz CT molecular complexity index is 1080. The maximum Gasteiger partial charge on any atom is 0.331 e. The van der Waals surface area contributed by atoms with Crippen LogP contribution in [-0.4, -0.2) is 21.1 Å². The van der Waals surface area contributed by atoms with E-state index in [0.717, 1.165) is 11.1 Å². The lowest BCUT2D eigenvalue weighted by molar-refractivity contribution is -0.384. The van der Waals surface area contributed by atoms with E-state index in [1.165, 1.54) is 30.3 Å². The molecule has 0 aliphatic heterocycles. The third-order valence-electron chi connectivity index (χ3n) is 4.01. The van der Waals surface area contributed by atoms with Crippen LogP contribution in [0.4, 0.5) is 5.69 Å². The van der Waals surface area contributed by atoms with Gasteiger partial charge in [0, 0.05) is 28.8 Å². The van der Waals surface area contributed by atoms with Crippen LogP contribution < -0.4 is 0 Å². The predicted octanol–water partition coefficient (Wildman–Crippen LogP) is 4.92. The van der Waals surface area contributed by atoms with E-state index in [1.54, 1.807) is 19.1 Å². The van der Waals surface area contributed by atoms with Gasteiger partial charge in [0.2, 0.25) is 5.89 Å². The Kier molecular flexibility index (Phi) is 6.04. The highest BCUT2D eigenvalue weighted by Gasteiger charge is 2.18. The number of nitro groups is 1. The number of halogens is 1. The highest BCUT2D eigenvalue weighted by atomic mass is 35.5. The second-order valence-corrected chi connectivity index (χ2v) is 6.58. The molecular weight excluding hydrogens is 398 g/mol. The van der Waals surface area contributed by atoms with Crippen molar-refractivity contribution in [3.05, 3.63) is 80.7 Å². The Morgan fingerprint density at radius 2 is 1.97 bits per heavy atom. The summed E-state index contributed by atoms with van der Waals surface area (Å²) in [7, 11) is 0. The molecular formula is C20H16ClN3O5. The number of ether oxygens (including phenoxy) is 1. The highest BCUT2D eigenvalue weighted by molar-refractivity contribution is 6.31. The van der Waals surface area contributed by atoms with Gasteiger partial charge in [-0.1, -0.05) is 23.7 Å². The van der Waals surface area contributed by atoms with E-state index in [2.05, 4.69) is 10.2 Å². The van der Waals surface area contributed by atoms with E-state index >= 15 is 0 Å². The first-order chi connectivity index (χ1) is 13.8. The molecule has 148 valence electrons. The number of hydrogen-bond donors (Lipinski definition) is 0. The molecule has 3 rings (SSSR count). The molecule has 2 aromatic carbocycles. The van der Waals surface area contributed by atoms with E-state index < -0.39 is 17.0 Å². The lowest BCUT2D eigenvalue weighted by Crippen LogP contribution is -2.06. The molecule has 29 heavy (non-hydrogen) atoms. The summed E-state index contributed by atoms with van der Waals surface area (Å²) >= 11 is 6.06. The molecule has 0 N–H and O–H groups in total. The molecule has 0 spiro atoms. The van der Waals surface area contributed by atoms with Gasteiger partial charge in [-0.2, -0.15) is 0 Å². The minimum absolute atomic E-state index is 0.0440. The standard InChI is InChI=1S/C20H16ClN3O5/c1-12-3-4-14(11-17(12)21)5-10-18(25)28-13(2)19-22-23-20(29-19)15-6-8-16(9-7-15)24(26)27/h3-11,13H,1-2H3/b10-5+/t13-/m0/s1. The normalized spacial score (nSPS) is 12.1. The summed E-state index contributed by atoms with van der Waals surface area (Å²) < 4.78 is 10.8. The summed E-state index contributed by atoms with van der Waals surface area (Å²) in [6.45, 7) is 3.49. The number of aromatic nitrogens is 2. The van der Waals surface area contributed by atoms with Gasteiger partial charge in [-0.05, 0) is 49.2 Å². The number of nitrogens with zero attached hydrogens (tertiary/aromatic N) is 3. The number of hydrogen-bond acceptors (Lipinski definition) is 7. The minimum Gasteiger partial charge on any atom is -0.449 e. The van der Waals surface area contributed by atoms with E-state index in [-0.39, 0.29) is 17.5 Å². The molecule has 0 aliphatic rings. The second kappa shape index (κ2) is 8.66. The van der Waals surface area contributed by atoms with Crippen molar-refractivity contribution in [2.45, 2.75) is 20.0 Å². The molecule has 8 nitrogen and oxygen atoms in total. The average molecular weight is 414 g/mol. The van der Waals surface area contributed by atoms with Crippen LogP contribution in [0.25, 0.3) is 17.5 Å². The largest absolute Gasteiger partial charge is 0.449 e. The van der Waals surface area contributed by atoms with Crippen LogP contribution in [-0.2, 0) is 9.53 Å². The van der Waals surface area contributed by atoms with Crippen molar-refractivity contribution in [1.29, 1.82) is 0 Å². The molecule has 0 fully saturated rings. The van der Waals surface area contributed by atoms with Gasteiger partial charge in [0.25, 0.3) is 11.6 Å². The van der Waals surface area contributed by atoms with Gasteiger partial charge in [0.15, 0.2) is 6.10 Å². The molecule has 3 aromatic rings. The topological polar surface area (TPSA) is 108 Å². The average Bonchev–Trinajstić information content (AvgIpc) is 3.19. The smallest absolute Gasteiger partial charge is 0.331 e. The van der Waals surface area contributed by atoms with Crippen LogP contribution in [0.5, 0.6) is 0 Å². The Hall–Kier alpha value is -3.52. The van der Waals surface area contributed by atoms with Gasteiger partial charge in [-0.3, -0.25) is 10.1 Å². The molecule has 0 amide bonds. The second-order valence-electron chi connectivity index (χ2n) is 6.17. The molecule has 0 aliphatic carbocycles. The first-order valence-corrected chi connectivity index (χ1v) is 8.94. The first kappa shape index (κ1) is 20.2. The quantitative estimate of drug-likeness (QED) is 0.244. The van der Waals surface area contributed by atoms with Crippen LogP contribution in [0.3, 0.4) is 0 Å². The Labute approximate surface area is 170 Å². The number of aryl methyl sites for hydroxylation is 1. The number of benzene rings is 2. The van der Waals surface area contributed by atoms with Gasteiger partial charge in [-0.15, -0.1) is 10.2 Å². The molecule has 0 unspecified atom stereocenters. The molecule has 9 heteroatoms. The van der Waals surface area contributed by atoms with Gasteiger partial charge in [0.1, 0.15) is 0 Å². The van der Waals surface area contributed by atoms with E-state index in [9.17, 15) is 14.9 Å². The van der Waals surface area contributed by atoms with Crippen molar-refractivity contribution in [2.75, 3.05) is 0 Å². The summed E-state index contributed by atoms with van der Waals surface area (Å²) in [5.74, 6) is -0.301. The minimum atomic E-state index is -0.770. The van der Waals surface area contributed by atoms with Crippen molar-refractivity contribution in [3.63, 3.8) is 0 Å². The lowest BCUT2D eigenvalue weighted by atomic mass is 10.1. The molecule has 0 saturated heterocycles. The highest BCUT2D eigenvalue weighted by Crippen LogP contribution is 2.24. The molecule has 0 bridgehead atoms. The Balaban J connectivity index is 1.64. The van der Waals surface area contributed by atoms with Gasteiger partial charge >= 0.3 is 5.97 Å². The SMILES string of the molecule is Cc1ccc(/C=C/C(=O)O[C@@H](C)c2nnc(-c3ccc([N+](=O)[O-])cc3)o2)cc1Cl. The summed E-state index contributed by atoms with van der Waals surface area (Å²) in [6, 6.07) is 11.1. The van der Waals surface area contributed by atoms with Crippen LogP contribution in [0.2, 0.25) is 5.02 Å². The first-order valence-electron chi connectivity index (χ1n) is 8.56. The van der Waals surface area contributed by atoms with E-state index in [0.29, 0.717) is 10.6 Å². The van der Waals surface area contributed by atoms with Crippen LogP contribution in [0.15, 0.2) is 53.0 Å². The van der Waals surface area contributed by atoms with Gasteiger partial charge in [-0.25, -0.2) is 4.79 Å². The lowest BCUT2D eigenvalue weighted by Gasteiger charge is -2.06. The Morgan fingerprint density at radius 1 is 1.24 bits per heavy atom. The fourth-order valence-electron chi connectivity index (χ4n) is 2.38. The summed E-state index contributed by atoms with van der Waals surface area (Å²) in [5.41, 5.74) is 2.19. The summed E-state index contributed by atoms with van der Waals surface area (Å²) in [5, 5.41) is 19.1. The van der Waals surface area contributed by atoms with Crippen molar-refractivity contribution in [1.82, 2.24) is 10.2 Å². The predicted molar refractivity (Wildman–Crippen MR) is 106 cm³/mol. The van der Waals surface area contributed by atoms with E-state index in [4.69, 9.17) is 20.8 Å². The van der Waals surface area contributed by atoms with Crippen molar-refractivity contribution < 1.29 is 18.9 Å². The monoisotopic (exact) mass is 413 g/mol. The third kappa shape index (κ3) is 5.05. The zero-order valence-corrected chi connectivity index (χ0v) is 16.3. The number of esters is 1. The summed E-state index contributed by atoms with van der Waals surface area (Å²) in [4.78, 5) is 22.3. The molecule has 1 aromatic heterocycles. The molecule has 1 heterocycles. The number of carbonyl (C=O) groups excluding carboxylic acids is 1. The zero-order chi connectivity index (χ0) is 21.0. The van der Waals surface area contributed by atoms with Crippen LogP contribution >= 0.6 is 11.6 Å². The maximum atomic E-state index is 12.0. The van der Waals surface area contributed by atoms with Crippen LogP contribution in [0.1, 0.15) is 30.0 Å². The number of non-ortho nitro benzene ring substituents is 1. The molecule has 0 radical (unpaired) electrons. The molecule has 1 atom stereocenters. The van der Waals surface area contributed by atoms with Gasteiger partial charge in [0.05, 0.1) is 4.92 Å². The van der Waals surface area contributed by atoms with Crippen molar-refractivity contribution >= 4 is 29.3 Å². The fourth-order valence-corrected chi connectivity index (χ4v) is 2.57. The number of rotatable bonds is 6. The van der Waals surface area contributed by atoms with Crippen molar-refractivity contribution in [3.8, 4) is 11.5 Å². The van der Waals surface area contributed by atoms with Crippen LogP contribution in [0, 0.1) is 17.0 Å². The third-order valence-corrected chi connectivity index (χ3v) is 4.42. The van der Waals surface area contributed by atoms with E-state index in [1.807, 2.05) is 19.1 Å². The maximum absolute atomic E-state index is 12.0. The van der Waals surface area contributed by atoms with Gasteiger partial charge < -0.3 is 9.15 Å². The van der Waals surface area contributed by atoms with Crippen molar-refractivity contribution in [2.24, 2.45) is 0 Å². The Morgan fingerprint density at radius 3 is 2.62 bits per heavy atom. The summed E-state index contributed by atoms with van der Waals surface area (Å²) in [6.07, 6.45) is 2.11. The number of nitro benzene ring substituents is 1. The zero-order valence-electron chi connectivity index (χ0n) is 15.5. The molecule has 0 saturated carbocycles. The fraction of sp³-hybridized carbons (Fsp3) is 0.150. The number of carbonyl (C=O) groups is 1.